The van der Waals surface area contributed by atoms with Gasteiger partial charge < -0.3 is 10.6 Å². The third-order valence-corrected chi connectivity index (χ3v) is 4.22. The van der Waals surface area contributed by atoms with Crippen molar-refractivity contribution in [2.75, 3.05) is 5.32 Å². The molecule has 0 atom stereocenters. The number of carbonyl (C=O) groups excluding carboxylic acids is 2. The molecule has 0 saturated carbocycles. The molecule has 0 saturated heterocycles. The maximum atomic E-state index is 13.0. The van der Waals surface area contributed by atoms with Gasteiger partial charge in [0.2, 0.25) is 0 Å². The second kappa shape index (κ2) is 9.57. The highest BCUT2D eigenvalue weighted by Gasteiger charge is 2.10. The van der Waals surface area contributed by atoms with E-state index in [4.69, 9.17) is 12.2 Å². The molecule has 0 bridgehead atoms. The molecule has 29 heavy (non-hydrogen) atoms. The first-order valence-corrected chi connectivity index (χ1v) is 9.22. The maximum Gasteiger partial charge on any atom is 0.257 e. The van der Waals surface area contributed by atoms with E-state index < -0.39 is 11.7 Å². The van der Waals surface area contributed by atoms with Crippen LogP contribution < -0.4 is 16.0 Å². The van der Waals surface area contributed by atoms with Gasteiger partial charge in [0, 0.05) is 23.4 Å². The molecule has 5 nitrogen and oxygen atoms in total. The van der Waals surface area contributed by atoms with E-state index in [1.807, 2.05) is 30.3 Å². The highest BCUT2D eigenvalue weighted by Crippen LogP contribution is 2.11. The van der Waals surface area contributed by atoms with Gasteiger partial charge in [-0.1, -0.05) is 36.4 Å². The first-order chi connectivity index (χ1) is 14.0. The number of carbonyl (C=O) groups is 2. The van der Waals surface area contributed by atoms with Crippen molar-refractivity contribution in [1.82, 2.24) is 10.6 Å². The largest absolute Gasteiger partial charge is 0.348 e. The molecule has 2 amide bonds. The summed E-state index contributed by atoms with van der Waals surface area (Å²) in [6.07, 6.45) is 0. The van der Waals surface area contributed by atoms with E-state index in [-0.39, 0.29) is 16.6 Å². The Morgan fingerprint density at radius 1 is 0.828 bits per heavy atom. The minimum atomic E-state index is -0.459. The van der Waals surface area contributed by atoms with Crippen LogP contribution in [-0.2, 0) is 6.54 Å². The SMILES string of the molecule is O=C(NCc1ccccc1)c1cccc(NC(=S)NC(=O)c2ccc(F)cc2)c1. The molecule has 0 aliphatic rings. The summed E-state index contributed by atoms with van der Waals surface area (Å²) in [6.45, 7) is 0.420. The molecule has 146 valence electrons. The van der Waals surface area contributed by atoms with Gasteiger partial charge in [-0.15, -0.1) is 0 Å². The van der Waals surface area contributed by atoms with Crippen molar-refractivity contribution >= 4 is 34.8 Å². The Morgan fingerprint density at radius 2 is 1.55 bits per heavy atom. The minimum Gasteiger partial charge on any atom is -0.348 e. The molecule has 3 aromatic rings. The number of rotatable bonds is 5. The molecule has 0 fully saturated rings. The quantitative estimate of drug-likeness (QED) is 0.562. The van der Waals surface area contributed by atoms with Gasteiger partial charge >= 0.3 is 0 Å². The van der Waals surface area contributed by atoms with Crippen LogP contribution in [-0.4, -0.2) is 16.9 Å². The number of halogens is 1. The van der Waals surface area contributed by atoms with Gasteiger partial charge in [-0.3, -0.25) is 14.9 Å². The second-order valence-electron chi connectivity index (χ2n) is 6.16. The molecule has 0 aliphatic heterocycles. The molecule has 3 aromatic carbocycles. The lowest BCUT2D eigenvalue weighted by atomic mass is 10.1. The molecular formula is C22H18FN3O2S. The summed E-state index contributed by atoms with van der Waals surface area (Å²) < 4.78 is 13.0. The van der Waals surface area contributed by atoms with Gasteiger partial charge in [-0.05, 0) is 60.2 Å². The van der Waals surface area contributed by atoms with Crippen LogP contribution in [0.25, 0.3) is 0 Å². The van der Waals surface area contributed by atoms with Crippen LogP contribution >= 0.6 is 12.2 Å². The van der Waals surface area contributed by atoms with E-state index in [2.05, 4.69) is 16.0 Å². The lowest BCUT2D eigenvalue weighted by Gasteiger charge is -2.11. The van der Waals surface area contributed by atoms with Crippen LogP contribution in [0.2, 0.25) is 0 Å². The first-order valence-electron chi connectivity index (χ1n) is 8.81. The van der Waals surface area contributed by atoms with Crippen molar-refractivity contribution in [3.8, 4) is 0 Å². The van der Waals surface area contributed by atoms with Gasteiger partial charge in [0.25, 0.3) is 11.8 Å². The summed E-state index contributed by atoms with van der Waals surface area (Å²) in [6, 6.07) is 21.5. The lowest BCUT2D eigenvalue weighted by molar-refractivity contribution is 0.0948. The van der Waals surface area contributed by atoms with Crippen LogP contribution in [0, 0.1) is 5.82 Å². The average Bonchev–Trinajstić information content (AvgIpc) is 2.73. The van der Waals surface area contributed by atoms with E-state index in [9.17, 15) is 14.0 Å². The number of hydrogen-bond donors (Lipinski definition) is 3. The fraction of sp³-hybridized carbons (Fsp3) is 0.0455. The number of anilines is 1. The van der Waals surface area contributed by atoms with Gasteiger partial charge in [0.15, 0.2) is 5.11 Å². The first kappa shape index (κ1) is 20.2. The molecule has 3 N–H and O–H groups in total. The summed E-state index contributed by atoms with van der Waals surface area (Å²) in [7, 11) is 0. The summed E-state index contributed by atoms with van der Waals surface area (Å²) >= 11 is 5.14. The predicted molar refractivity (Wildman–Crippen MR) is 114 cm³/mol. The minimum absolute atomic E-state index is 0.0705. The topological polar surface area (TPSA) is 70.2 Å². The Balaban J connectivity index is 1.57. The normalized spacial score (nSPS) is 10.1. The third-order valence-electron chi connectivity index (χ3n) is 4.01. The number of benzene rings is 3. The number of hydrogen-bond acceptors (Lipinski definition) is 3. The zero-order valence-electron chi connectivity index (χ0n) is 15.3. The number of thiocarbonyl (C=S) groups is 1. The van der Waals surface area contributed by atoms with Gasteiger partial charge in [0.1, 0.15) is 5.82 Å². The van der Waals surface area contributed by atoms with Gasteiger partial charge in [-0.2, -0.15) is 0 Å². The molecule has 0 aliphatic carbocycles. The smallest absolute Gasteiger partial charge is 0.257 e. The molecule has 0 aromatic heterocycles. The number of amides is 2. The average molecular weight is 407 g/mol. The van der Waals surface area contributed by atoms with Crippen molar-refractivity contribution in [3.05, 3.63) is 101 Å². The zero-order valence-corrected chi connectivity index (χ0v) is 16.1. The predicted octanol–water partition coefficient (Wildman–Crippen LogP) is 3.88. The lowest BCUT2D eigenvalue weighted by Crippen LogP contribution is -2.34. The molecule has 3 rings (SSSR count). The molecule has 0 unspecified atom stereocenters. The standard InChI is InChI=1S/C22H18FN3O2S/c23-18-11-9-16(10-12-18)21(28)26-22(29)25-19-8-4-7-17(13-19)20(27)24-14-15-5-2-1-3-6-15/h1-13H,14H2,(H,24,27)(H2,25,26,28,29). The highest BCUT2D eigenvalue weighted by molar-refractivity contribution is 7.80. The van der Waals surface area contributed by atoms with Gasteiger partial charge in [0.05, 0.1) is 0 Å². The molecule has 0 radical (unpaired) electrons. The fourth-order valence-corrected chi connectivity index (χ4v) is 2.77. The van der Waals surface area contributed by atoms with Crippen LogP contribution in [0.1, 0.15) is 26.3 Å². The Kier molecular flexibility index (Phi) is 6.65. The molecular weight excluding hydrogens is 389 g/mol. The van der Waals surface area contributed by atoms with Crippen LogP contribution in [0.3, 0.4) is 0 Å². The second-order valence-corrected chi connectivity index (χ2v) is 6.57. The van der Waals surface area contributed by atoms with E-state index in [1.54, 1.807) is 24.3 Å². The molecule has 0 heterocycles. The monoisotopic (exact) mass is 407 g/mol. The summed E-state index contributed by atoms with van der Waals surface area (Å²) in [4.78, 5) is 24.5. The van der Waals surface area contributed by atoms with Crippen molar-refractivity contribution in [2.24, 2.45) is 0 Å². The van der Waals surface area contributed by atoms with Crippen LogP contribution in [0.15, 0.2) is 78.9 Å². The Hall–Kier alpha value is -3.58. The molecule has 0 spiro atoms. The van der Waals surface area contributed by atoms with Crippen molar-refractivity contribution in [1.29, 1.82) is 0 Å². The fourth-order valence-electron chi connectivity index (χ4n) is 2.56. The van der Waals surface area contributed by atoms with Crippen molar-refractivity contribution in [2.45, 2.75) is 6.54 Å². The maximum absolute atomic E-state index is 13.0. The summed E-state index contributed by atoms with van der Waals surface area (Å²) in [5, 5.41) is 8.31. The summed E-state index contributed by atoms with van der Waals surface area (Å²) in [5.41, 5.74) is 2.30. The van der Waals surface area contributed by atoms with E-state index in [0.717, 1.165) is 5.56 Å². The van der Waals surface area contributed by atoms with Crippen molar-refractivity contribution < 1.29 is 14.0 Å². The van der Waals surface area contributed by atoms with E-state index in [1.165, 1.54) is 24.3 Å². The van der Waals surface area contributed by atoms with E-state index >= 15 is 0 Å². The van der Waals surface area contributed by atoms with E-state index in [0.29, 0.717) is 17.8 Å². The Labute approximate surface area is 173 Å². The Bertz CT molecular complexity index is 1020. The van der Waals surface area contributed by atoms with Crippen LogP contribution in [0.5, 0.6) is 0 Å². The zero-order chi connectivity index (χ0) is 20.6. The van der Waals surface area contributed by atoms with Gasteiger partial charge in [-0.25, -0.2) is 4.39 Å². The molecule has 7 heteroatoms. The third kappa shape index (κ3) is 5.95. The van der Waals surface area contributed by atoms with Crippen molar-refractivity contribution in [3.63, 3.8) is 0 Å². The number of nitrogens with one attached hydrogen (secondary N) is 3. The highest BCUT2D eigenvalue weighted by atomic mass is 32.1. The summed E-state index contributed by atoms with van der Waals surface area (Å²) in [5.74, 6) is -1.11. The Morgan fingerprint density at radius 3 is 2.28 bits per heavy atom. The van der Waals surface area contributed by atoms with Crippen LogP contribution in [0.4, 0.5) is 10.1 Å².